The van der Waals surface area contributed by atoms with Crippen LogP contribution in [0, 0.1) is 11.8 Å². The van der Waals surface area contributed by atoms with Gasteiger partial charge in [0.05, 0.1) is 40.1 Å². The number of fused-ring (bicyclic) bond motifs is 1. The number of aromatic nitrogens is 4. The Morgan fingerprint density at radius 1 is 1.16 bits per heavy atom. The van der Waals surface area contributed by atoms with Crippen LogP contribution in [0.15, 0.2) is 104 Å². The predicted molar refractivity (Wildman–Crippen MR) is 170 cm³/mol. The van der Waals surface area contributed by atoms with Crippen LogP contribution < -0.4 is 16.6 Å². The van der Waals surface area contributed by atoms with Gasteiger partial charge < -0.3 is 11.1 Å². The molecule has 3 aromatic heterocycles. The van der Waals surface area contributed by atoms with Gasteiger partial charge in [0.25, 0.3) is 11.5 Å². The molecular formula is C32H28N8O2S. The van der Waals surface area contributed by atoms with E-state index in [2.05, 4.69) is 43.9 Å². The fourth-order valence-electron chi connectivity index (χ4n) is 4.53. The number of thiazole rings is 1. The molecule has 0 aliphatic carbocycles. The molecule has 0 aliphatic rings. The number of nitrogens with zero attached hydrogens (tertiary/aromatic N) is 6. The summed E-state index contributed by atoms with van der Waals surface area (Å²) in [4.78, 5) is 40.2. The minimum atomic E-state index is -0.641. The molecule has 0 saturated carbocycles. The number of aryl methyl sites for hydroxylation is 1. The van der Waals surface area contributed by atoms with E-state index < -0.39 is 11.9 Å². The smallest absolute Gasteiger partial charge is 0.274 e. The molecule has 0 radical (unpaired) electrons. The summed E-state index contributed by atoms with van der Waals surface area (Å²) in [5, 5.41) is 10.1. The highest BCUT2D eigenvalue weighted by molar-refractivity contribution is 7.07. The summed E-state index contributed by atoms with van der Waals surface area (Å²) in [6, 6.07) is 16.0. The van der Waals surface area contributed by atoms with Crippen LogP contribution >= 0.6 is 11.3 Å². The third-order valence-corrected chi connectivity index (χ3v) is 7.22. The topological polar surface area (TPSA) is 133 Å². The predicted octanol–water partition coefficient (Wildman–Crippen LogP) is 4.10. The van der Waals surface area contributed by atoms with Gasteiger partial charge in [-0.1, -0.05) is 42.2 Å². The monoisotopic (exact) mass is 588 g/mol. The number of aliphatic imine (C=N–C) groups is 2. The molecule has 11 heteroatoms. The molecule has 0 saturated heterocycles. The molecule has 10 nitrogen and oxygen atoms in total. The molecule has 5 rings (SSSR count). The van der Waals surface area contributed by atoms with E-state index in [1.165, 1.54) is 11.3 Å². The molecule has 3 heterocycles. The maximum atomic E-state index is 14.2. The van der Waals surface area contributed by atoms with Crippen molar-refractivity contribution in [1.29, 1.82) is 0 Å². The molecule has 3 N–H and O–H groups in total. The van der Waals surface area contributed by atoms with E-state index in [1.54, 1.807) is 34.8 Å². The highest BCUT2D eigenvalue weighted by Gasteiger charge is 2.22. The van der Waals surface area contributed by atoms with Gasteiger partial charge in [0, 0.05) is 35.6 Å². The lowest BCUT2D eigenvalue weighted by molar-refractivity contribution is -0.118. The van der Waals surface area contributed by atoms with Crippen LogP contribution in [0.4, 0.5) is 0 Å². The van der Waals surface area contributed by atoms with Gasteiger partial charge in [-0.2, -0.15) is 5.10 Å². The highest BCUT2D eigenvalue weighted by Crippen LogP contribution is 2.24. The van der Waals surface area contributed by atoms with Gasteiger partial charge in [0.15, 0.2) is 11.5 Å². The van der Waals surface area contributed by atoms with Crippen LogP contribution in [-0.4, -0.2) is 37.7 Å². The minimum absolute atomic E-state index is 0.102. The Morgan fingerprint density at radius 2 is 1.95 bits per heavy atom. The zero-order valence-electron chi connectivity index (χ0n) is 23.8. The summed E-state index contributed by atoms with van der Waals surface area (Å²) >= 11 is 1.41. The molecule has 5 aromatic rings. The quantitative estimate of drug-likeness (QED) is 0.168. The van der Waals surface area contributed by atoms with Crippen LogP contribution in [0.2, 0.25) is 0 Å². The van der Waals surface area contributed by atoms with Gasteiger partial charge in [0.1, 0.15) is 0 Å². The van der Waals surface area contributed by atoms with Crippen molar-refractivity contribution in [3.8, 4) is 17.5 Å². The summed E-state index contributed by atoms with van der Waals surface area (Å²) in [6.07, 6.45) is 3.48. The van der Waals surface area contributed by atoms with E-state index in [4.69, 9.17) is 5.73 Å². The summed E-state index contributed by atoms with van der Waals surface area (Å²) in [7, 11) is 1.82. The number of carbonyl (C=O) groups excluding carboxylic acids is 1. The molecule has 0 spiro atoms. The Bertz CT molecular complexity index is 2010. The average molecular weight is 589 g/mol. The largest absolute Gasteiger partial charge is 0.382 e. The molecule has 2 aromatic carbocycles. The number of benzene rings is 2. The number of amides is 1. The minimum Gasteiger partial charge on any atom is -0.382 e. The molecule has 0 bridgehead atoms. The van der Waals surface area contributed by atoms with Crippen molar-refractivity contribution in [2.24, 2.45) is 22.8 Å². The summed E-state index contributed by atoms with van der Waals surface area (Å²) in [5.74, 6) is 5.53. The number of nitrogens with one attached hydrogen (secondary N) is 1. The van der Waals surface area contributed by atoms with Crippen LogP contribution in [0.25, 0.3) is 16.5 Å². The maximum absolute atomic E-state index is 14.2. The lowest BCUT2D eigenvalue weighted by Crippen LogP contribution is -2.33. The Hall–Kier alpha value is -5.60. The van der Waals surface area contributed by atoms with E-state index >= 15 is 0 Å². The lowest BCUT2D eigenvalue weighted by atomic mass is 10.0. The second-order valence-electron chi connectivity index (χ2n) is 9.63. The normalized spacial score (nSPS) is 12.7. The maximum Gasteiger partial charge on any atom is 0.274 e. The van der Waals surface area contributed by atoms with Crippen molar-refractivity contribution < 1.29 is 4.79 Å². The van der Waals surface area contributed by atoms with E-state index in [-0.39, 0.29) is 17.1 Å². The van der Waals surface area contributed by atoms with Crippen LogP contribution in [-0.2, 0) is 11.8 Å². The fraction of sp³-hybridized carbons (Fsp3) is 0.125. The SMILES string of the molecule is C=N/C(N)=C(\N=C(/C)c1cscn1)C(=O)N[C@H](C)c1cc2cccc(C#Cc3cnn(C)c3)c2c(=O)n1-c1ccccc1. The molecule has 0 fully saturated rings. The van der Waals surface area contributed by atoms with E-state index in [0.717, 1.165) is 5.56 Å². The number of para-hydroxylation sites is 1. The lowest BCUT2D eigenvalue weighted by Gasteiger charge is -2.21. The first kappa shape index (κ1) is 28.9. The molecular weight excluding hydrogens is 560 g/mol. The summed E-state index contributed by atoms with van der Waals surface area (Å²) in [5.41, 5.74) is 11.0. The zero-order valence-corrected chi connectivity index (χ0v) is 24.6. The van der Waals surface area contributed by atoms with E-state index in [1.807, 2.05) is 73.2 Å². The van der Waals surface area contributed by atoms with Crippen molar-refractivity contribution in [1.82, 2.24) is 24.6 Å². The fourth-order valence-corrected chi connectivity index (χ4v) is 5.12. The number of hydrogen-bond acceptors (Lipinski definition) is 8. The number of carbonyl (C=O) groups is 1. The van der Waals surface area contributed by atoms with Gasteiger partial charge in [0.2, 0.25) is 0 Å². The van der Waals surface area contributed by atoms with E-state index in [9.17, 15) is 9.59 Å². The molecule has 0 unspecified atom stereocenters. The van der Waals surface area contributed by atoms with Crippen molar-refractivity contribution in [2.45, 2.75) is 19.9 Å². The van der Waals surface area contributed by atoms with Gasteiger partial charge >= 0.3 is 0 Å². The molecule has 43 heavy (non-hydrogen) atoms. The first-order valence-corrected chi connectivity index (χ1v) is 14.2. The van der Waals surface area contributed by atoms with Gasteiger partial charge in [-0.3, -0.25) is 18.8 Å². The van der Waals surface area contributed by atoms with Crippen LogP contribution in [0.5, 0.6) is 0 Å². The van der Waals surface area contributed by atoms with Crippen molar-refractivity contribution >= 4 is 40.4 Å². The molecule has 1 amide bonds. The van der Waals surface area contributed by atoms with Crippen molar-refractivity contribution in [3.63, 3.8) is 0 Å². The van der Waals surface area contributed by atoms with Gasteiger partial charge in [-0.15, -0.1) is 11.3 Å². The Kier molecular flexibility index (Phi) is 8.41. The second kappa shape index (κ2) is 12.5. The molecule has 1 atom stereocenters. The third-order valence-electron chi connectivity index (χ3n) is 6.64. The first-order chi connectivity index (χ1) is 20.8. The Morgan fingerprint density at radius 3 is 2.63 bits per heavy atom. The zero-order chi connectivity index (χ0) is 30.5. The van der Waals surface area contributed by atoms with Crippen LogP contribution in [0.3, 0.4) is 0 Å². The average Bonchev–Trinajstić information content (AvgIpc) is 3.70. The van der Waals surface area contributed by atoms with Gasteiger partial charge in [-0.05, 0) is 50.2 Å². The number of nitrogens with two attached hydrogens (primary N) is 1. The summed E-state index contributed by atoms with van der Waals surface area (Å²) < 4.78 is 3.26. The Labute approximate surface area is 252 Å². The van der Waals surface area contributed by atoms with Crippen LogP contribution in [0.1, 0.15) is 42.4 Å². The first-order valence-electron chi connectivity index (χ1n) is 13.2. The number of rotatable bonds is 7. The molecule has 214 valence electrons. The molecule has 0 aliphatic heterocycles. The highest BCUT2D eigenvalue weighted by atomic mass is 32.1. The number of pyridine rings is 1. The van der Waals surface area contributed by atoms with Crippen molar-refractivity contribution in [2.75, 3.05) is 0 Å². The standard InChI is InChI=1S/C32H28N8O2S/c1-20(26-18-43-19-35-26)37-29(30(33)34-3)31(41)38-21(2)27-15-24-10-8-9-23(14-13-22-16-36-39(4)17-22)28(24)32(42)40(27)25-11-6-5-7-12-25/h5-12,15-19,21H,3,33H2,1-2,4H3,(H,38,41)/b30-29-,37-20+/t21-/m1/s1. The van der Waals surface area contributed by atoms with Crippen molar-refractivity contribution in [3.05, 3.63) is 122 Å². The number of hydrogen-bond donors (Lipinski definition) is 2. The van der Waals surface area contributed by atoms with Gasteiger partial charge in [-0.25, -0.2) is 15.0 Å². The second-order valence-corrected chi connectivity index (χ2v) is 10.3. The van der Waals surface area contributed by atoms with E-state index in [0.29, 0.717) is 39.1 Å². The Balaban J connectivity index is 1.60. The summed E-state index contributed by atoms with van der Waals surface area (Å²) in [6.45, 7) is 6.98. The third kappa shape index (κ3) is 6.19.